The van der Waals surface area contributed by atoms with Crippen LogP contribution in [0.1, 0.15) is 12.1 Å². The van der Waals surface area contributed by atoms with Crippen LogP contribution in [0.4, 0.5) is 0 Å². The SMILES string of the molecule is COc1ccc(OCCCn2cnc3[nH]c(C)cc3c2=O)cc1. The maximum Gasteiger partial charge on any atom is 0.262 e. The van der Waals surface area contributed by atoms with Crippen molar-refractivity contribution in [2.45, 2.75) is 19.9 Å². The van der Waals surface area contributed by atoms with Crippen LogP contribution in [0.2, 0.25) is 0 Å². The fraction of sp³-hybridized carbons (Fsp3) is 0.294. The van der Waals surface area contributed by atoms with E-state index in [0.29, 0.717) is 24.2 Å². The Balaban J connectivity index is 1.58. The van der Waals surface area contributed by atoms with Crippen LogP contribution in [0.25, 0.3) is 11.0 Å². The largest absolute Gasteiger partial charge is 0.497 e. The van der Waals surface area contributed by atoms with E-state index >= 15 is 0 Å². The highest BCUT2D eigenvalue weighted by molar-refractivity contribution is 5.74. The van der Waals surface area contributed by atoms with Crippen molar-refractivity contribution in [3.05, 3.63) is 52.7 Å². The Morgan fingerprint density at radius 2 is 1.96 bits per heavy atom. The predicted octanol–water partition coefficient (Wildman–Crippen LogP) is 2.51. The van der Waals surface area contributed by atoms with Crippen molar-refractivity contribution in [3.8, 4) is 11.5 Å². The van der Waals surface area contributed by atoms with E-state index in [0.717, 1.165) is 23.6 Å². The standard InChI is InChI=1S/C17H19N3O3/c1-12-10-15-16(19-12)18-11-20(17(15)21)8-3-9-23-14-6-4-13(22-2)5-7-14/h4-7,10-11,19H,3,8-9H2,1-2H3. The number of fused-ring (bicyclic) bond motifs is 1. The third kappa shape index (κ3) is 3.36. The lowest BCUT2D eigenvalue weighted by Crippen LogP contribution is -2.21. The Morgan fingerprint density at radius 3 is 2.70 bits per heavy atom. The highest BCUT2D eigenvalue weighted by Crippen LogP contribution is 2.17. The van der Waals surface area contributed by atoms with Crippen molar-refractivity contribution >= 4 is 11.0 Å². The molecule has 0 aliphatic heterocycles. The molecule has 0 aliphatic rings. The van der Waals surface area contributed by atoms with E-state index in [-0.39, 0.29) is 5.56 Å². The monoisotopic (exact) mass is 313 g/mol. The van der Waals surface area contributed by atoms with Crippen molar-refractivity contribution < 1.29 is 9.47 Å². The third-order valence-electron chi connectivity index (χ3n) is 3.62. The first-order chi connectivity index (χ1) is 11.2. The Bertz CT molecular complexity index is 850. The predicted molar refractivity (Wildman–Crippen MR) is 88.2 cm³/mol. The lowest BCUT2D eigenvalue weighted by molar-refractivity contribution is 0.300. The number of hydrogen-bond acceptors (Lipinski definition) is 4. The molecule has 120 valence electrons. The first-order valence-corrected chi connectivity index (χ1v) is 7.49. The Hall–Kier alpha value is -2.76. The van der Waals surface area contributed by atoms with Crippen LogP contribution in [-0.4, -0.2) is 28.3 Å². The molecule has 3 rings (SSSR count). The second-order valence-electron chi connectivity index (χ2n) is 5.34. The Kier molecular flexibility index (Phi) is 4.32. The zero-order valence-electron chi connectivity index (χ0n) is 13.2. The van der Waals surface area contributed by atoms with Crippen molar-refractivity contribution in [2.24, 2.45) is 0 Å². The van der Waals surface area contributed by atoms with Gasteiger partial charge >= 0.3 is 0 Å². The molecule has 1 aromatic carbocycles. The van der Waals surface area contributed by atoms with E-state index in [9.17, 15) is 4.79 Å². The minimum Gasteiger partial charge on any atom is -0.497 e. The van der Waals surface area contributed by atoms with Gasteiger partial charge in [-0.1, -0.05) is 0 Å². The topological polar surface area (TPSA) is 69.1 Å². The van der Waals surface area contributed by atoms with Gasteiger partial charge in [0.25, 0.3) is 5.56 Å². The highest BCUT2D eigenvalue weighted by atomic mass is 16.5. The summed E-state index contributed by atoms with van der Waals surface area (Å²) in [7, 11) is 1.63. The summed E-state index contributed by atoms with van der Waals surface area (Å²) in [6, 6.07) is 9.26. The molecule has 1 N–H and O–H groups in total. The van der Waals surface area contributed by atoms with E-state index in [1.807, 2.05) is 37.3 Å². The zero-order chi connectivity index (χ0) is 16.2. The molecule has 0 saturated heterocycles. The average Bonchev–Trinajstić information content (AvgIpc) is 2.95. The first kappa shape index (κ1) is 15.1. The van der Waals surface area contributed by atoms with Crippen LogP contribution in [0.5, 0.6) is 11.5 Å². The molecule has 0 aliphatic carbocycles. The van der Waals surface area contributed by atoms with Gasteiger partial charge in [0.1, 0.15) is 17.1 Å². The number of benzene rings is 1. The smallest absolute Gasteiger partial charge is 0.262 e. The quantitative estimate of drug-likeness (QED) is 0.710. The lowest BCUT2D eigenvalue weighted by Gasteiger charge is -2.08. The molecule has 2 aromatic heterocycles. The normalized spacial score (nSPS) is 10.9. The molecule has 23 heavy (non-hydrogen) atoms. The second kappa shape index (κ2) is 6.56. The number of aromatic amines is 1. The number of rotatable bonds is 6. The van der Waals surface area contributed by atoms with Gasteiger partial charge in [0, 0.05) is 12.2 Å². The van der Waals surface area contributed by atoms with Crippen LogP contribution >= 0.6 is 0 Å². The van der Waals surface area contributed by atoms with Gasteiger partial charge in [-0.15, -0.1) is 0 Å². The number of nitrogens with zero attached hydrogens (tertiary/aromatic N) is 2. The maximum absolute atomic E-state index is 12.3. The van der Waals surface area contributed by atoms with Crippen molar-refractivity contribution in [2.75, 3.05) is 13.7 Å². The van der Waals surface area contributed by atoms with E-state index in [1.165, 1.54) is 0 Å². The number of H-pyrrole nitrogens is 1. The van der Waals surface area contributed by atoms with Gasteiger partial charge in [0.05, 0.1) is 25.4 Å². The summed E-state index contributed by atoms with van der Waals surface area (Å²) in [5.41, 5.74) is 1.55. The maximum atomic E-state index is 12.3. The molecule has 0 amide bonds. The van der Waals surface area contributed by atoms with Gasteiger partial charge in [-0.2, -0.15) is 0 Å². The summed E-state index contributed by atoms with van der Waals surface area (Å²) in [4.78, 5) is 19.7. The molecule has 0 radical (unpaired) electrons. The first-order valence-electron chi connectivity index (χ1n) is 7.49. The van der Waals surface area contributed by atoms with Crippen LogP contribution in [0.3, 0.4) is 0 Å². The number of methoxy groups -OCH3 is 1. The number of nitrogens with one attached hydrogen (secondary N) is 1. The fourth-order valence-corrected chi connectivity index (χ4v) is 2.43. The molecule has 0 spiro atoms. The minimum atomic E-state index is -0.0243. The lowest BCUT2D eigenvalue weighted by atomic mass is 10.3. The molecule has 0 fully saturated rings. The summed E-state index contributed by atoms with van der Waals surface area (Å²) < 4.78 is 12.4. The summed E-state index contributed by atoms with van der Waals surface area (Å²) in [6.45, 7) is 3.01. The van der Waals surface area contributed by atoms with Gasteiger partial charge in [-0.3, -0.25) is 9.36 Å². The molecule has 0 unspecified atom stereocenters. The molecule has 3 aromatic rings. The summed E-state index contributed by atoms with van der Waals surface area (Å²) in [5, 5.41) is 0.626. The van der Waals surface area contributed by atoms with Gasteiger partial charge in [-0.25, -0.2) is 4.98 Å². The van der Waals surface area contributed by atoms with Gasteiger partial charge in [0.2, 0.25) is 0 Å². The molecule has 0 atom stereocenters. The second-order valence-corrected chi connectivity index (χ2v) is 5.34. The Morgan fingerprint density at radius 1 is 1.22 bits per heavy atom. The summed E-state index contributed by atoms with van der Waals surface area (Å²) in [6.07, 6.45) is 2.30. The third-order valence-corrected chi connectivity index (χ3v) is 3.62. The van der Waals surface area contributed by atoms with Crippen LogP contribution in [-0.2, 0) is 6.54 Å². The van der Waals surface area contributed by atoms with E-state index < -0.39 is 0 Å². The Labute approximate surface area is 133 Å². The summed E-state index contributed by atoms with van der Waals surface area (Å²) >= 11 is 0. The number of aromatic nitrogens is 3. The molecule has 6 nitrogen and oxygen atoms in total. The van der Waals surface area contributed by atoms with Gasteiger partial charge in [0.15, 0.2) is 0 Å². The molecule has 0 bridgehead atoms. The van der Waals surface area contributed by atoms with Crippen molar-refractivity contribution in [3.63, 3.8) is 0 Å². The molecule has 0 saturated carbocycles. The van der Waals surface area contributed by atoms with Crippen LogP contribution < -0.4 is 15.0 Å². The van der Waals surface area contributed by atoms with Crippen molar-refractivity contribution in [1.29, 1.82) is 0 Å². The number of ether oxygens (including phenoxy) is 2. The molecular formula is C17H19N3O3. The number of hydrogen-bond donors (Lipinski definition) is 1. The van der Waals surface area contributed by atoms with E-state index in [4.69, 9.17) is 9.47 Å². The zero-order valence-corrected chi connectivity index (χ0v) is 13.2. The molecule has 2 heterocycles. The average molecular weight is 313 g/mol. The fourth-order valence-electron chi connectivity index (χ4n) is 2.43. The van der Waals surface area contributed by atoms with Crippen molar-refractivity contribution in [1.82, 2.24) is 14.5 Å². The van der Waals surface area contributed by atoms with Crippen LogP contribution in [0, 0.1) is 6.92 Å². The highest BCUT2D eigenvalue weighted by Gasteiger charge is 2.06. The van der Waals surface area contributed by atoms with Crippen LogP contribution in [0.15, 0.2) is 41.5 Å². The van der Waals surface area contributed by atoms with Gasteiger partial charge < -0.3 is 14.5 Å². The molecule has 6 heteroatoms. The van der Waals surface area contributed by atoms with Gasteiger partial charge in [-0.05, 0) is 43.7 Å². The molecular weight excluding hydrogens is 294 g/mol. The van der Waals surface area contributed by atoms with E-state index in [2.05, 4.69) is 9.97 Å². The number of aryl methyl sites for hydroxylation is 2. The minimum absolute atomic E-state index is 0.0243. The van der Waals surface area contributed by atoms with E-state index in [1.54, 1.807) is 18.0 Å². The summed E-state index contributed by atoms with van der Waals surface area (Å²) in [5.74, 6) is 1.58.